The van der Waals surface area contributed by atoms with Crippen molar-refractivity contribution < 1.29 is 22.5 Å². The van der Waals surface area contributed by atoms with Crippen LogP contribution in [-0.2, 0) is 12.7 Å². The molecular formula is C13H12F3N3O2. The number of alkyl halides is 3. The van der Waals surface area contributed by atoms with E-state index in [1.165, 1.54) is 19.3 Å². The number of hydrogen-bond donors (Lipinski definition) is 2. The van der Waals surface area contributed by atoms with E-state index in [1.807, 2.05) is 0 Å². The molecule has 1 heterocycles. The molecule has 112 valence electrons. The van der Waals surface area contributed by atoms with E-state index in [9.17, 15) is 18.0 Å². The smallest absolute Gasteiger partial charge is 0.387 e. The van der Waals surface area contributed by atoms with Gasteiger partial charge in [-0.2, -0.15) is 13.2 Å². The summed E-state index contributed by atoms with van der Waals surface area (Å²) in [6, 6.07) is 4.48. The Morgan fingerprint density at radius 1 is 1.33 bits per heavy atom. The molecule has 0 saturated carbocycles. The van der Waals surface area contributed by atoms with Crippen molar-refractivity contribution in [3.05, 3.63) is 47.3 Å². The van der Waals surface area contributed by atoms with E-state index in [2.05, 4.69) is 15.8 Å². The fourth-order valence-electron chi connectivity index (χ4n) is 1.72. The fraction of sp³-hybridized carbons (Fsp3) is 0.231. The number of aromatic nitrogens is 1. The summed E-state index contributed by atoms with van der Waals surface area (Å²) in [5.74, 6) is -0.233. The number of halogens is 3. The lowest BCUT2D eigenvalue weighted by molar-refractivity contribution is -0.137. The minimum atomic E-state index is -4.51. The predicted molar refractivity (Wildman–Crippen MR) is 68.7 cm³/mol. The monoisotopic (exact) mass is 299 g/mol. The van der Waals surface area contributed by atoms with Crippen LogP contribution in [0.3, 0.4) is 0 Å². The molecule has 0 spiro atoms. The number of nitrogens with zero attached hydrogens (tertiary/aromatic N) is 1. The Balaban J connectivity index is 2.21. The summed E-state index contributed by atoms with van der Waals surface area (Å²) in [5.41, 5.74) is -0.670. The number of nitrogens with one attached hydrogen (secondary N) is 2. The lowest BCUT2D eigenvalue weighted by Crippen LogP contribution is -2.24. The number of hydrogen-bond acceptors (Lipinski definition) is 4. The summed E-state index contributed by atoms with van der Waals surface area (Å²) in [5, 5.41) is 8.62. The third-order valence-electron chi connectivity index (χ3n) is 2.78. The first-order valence-corrected chi connectivity index (χ1v) is 5.98. The highest BCUT2D eigenvalue weighted by atomic mass is 19.4. The van der Waals surface area contributed by atoms with Crippen LogP contribution in [0, 0.1) is 0 Å². The van der Waals surface area contributed by atoms with E-state index in [1.54, 1.807) is 6.07 Å². The third kappa shape index (κ3) is 3.53. The van der Waals surface area contributed by atoms with Gasteiger partial charge in [-0.05, 0) is 18.2 Å². The topological polar surface area (TPSA) is 67.2 Å². The average molecular weight is 299 g/mol. The van der Waals surface area contributed by atoms with Crippen molar-refractivity contribution in [2.24, 2.45) is 0 Å². The van der Waals surface area contributed by atoms with Gasteiger partial charge in [-0.15, -0.1) is 0 Å². The molecule has 0 aliphatic heterocycles. The number of amides is 1. The SMILES string of the molecule is CNc1ccc(C(F)(F)F)cc1C(=O)NCc1ccno1. The molecule has 21 heavy (non-hydrogen) atoms. The lowest BCUT2D eigenvalue weighted by Gasteiger charge is -2.13. The maximum absolute atomic E-state index is 12.7. The minimum absolute atomic E-state index is 0.0399. The van der Waals surface area contributed by atoms with Gasteiger partial charge in [0.25, 0.3) is 5.91 Å². The molecule has 0 radical (unpaired) electrons. The molecule has 2 N–H and O–H groups in total. The van der Waals surface area contributed by atoms with Gasteiger partial charge in [0.05, 0.1) is 23.9 Å². The summed E-state index contributed by atoms with van der Waals surface area (Å²) >= 11 is 0. The minimum Gasteiger partial charge on any atom is -0.387 e. The van der Waals surface area contributed by atoms with Crippen LogP contribution in [0.4, 0.5) is 18.9 Å². The van der Waals surface area contributed by atoms with Crippen LogP contribution in [-0.4, -0.2) is 18.1 Å². The first-order valence-electron chi connectivity index (χ1n) is 5.98. The number of carbonyl (C=O) groups excluding carboxylic acids is 1. The van der Waals surface area contributed by atoms with E-state index >= 15 is 0 Å². The Kier molecular flexibility index (Phi) is 4.15. The standard InChI is InChI=1S/C13H12F3N3O2/c1-17-11-3-2-8(13(14,15)16)6-10(11)12(20)18-7-9-4-5-19-21-9/h2-6,17H,7H2,1H3,(H,18,20). The van der Waals surface area contributed by atoms with E-state index in [-0.39, 0.29) is 12.1 Å². The highest BCUT2D eigenvalue weighted by molar-refractivity contribution is 5.99. The number of carbonyl (C=O) groups is 1. The van der Waals surface area contributed by atoms with Crippen LogP contribution < -0.4 is 10.6 Å². The van der Waals surface area contributed by atoms with Crippen molar-refractivity contribution in [2.75, 3.05) is 12.4 Å². The molecule has 2 rings (SSSR count). The molecule has 0 bridgehead atoms. The van der Waals surface area contributed by atoms with Crippen LogP contribution in [0.1, 0.15) is 21.7 Å². The second-order valence-corrected chi connectivity index (χ2v) is 4.17. The number of anilines is 1. The van der Waals surface area contributed by atoms with Crippen molar-refractivity contribution in [1.29, 1.82) is 0 Å². The Morgan fingerprint density at radius 3 is 2.67 bits per heavy atom. The predicted octanol–water partition coefficient (Wildman–Crippen LogP) is 2.67. The zero-order chi connectivity index (χ0) is 15.5. The van der Waals surface area contributed by atoms with Crippen LogP contribution in [0.15, 0.2) is 35.0 Å². The van der Waals surface area contributed by atoms with Crippen LogP contribution in [0.25, 0.3) is 0 Å². The molecule has 0 saturated heterocycles. The molecular weight excluding hydrogens is 287 g/mol. The van der Waals surface area contributed by atoms with Crippen LogP contribution >= 0.6 is 0 Å². The Morgan fingerprint density at radius 2 is 2.10 bits per heavy atom. The summed E-state index contributed by atoms with van der Waals surface area (Å²) in [6.07, 6.45) is -3.10. The number of rotatable bonds is 4. The second kappa shape index (κ2) is 5.86. The normalized spacial score (nSPS) is 11.2. The quantitative estimate of drug-likeness (QED) is 0.911. The van der Waals surface area contributed by atoms with Crippen molar-refractivity contribution in [3.63, 3.8) is 0 Å². The van der Waals surface area contributed by atoms with E-state index < -0.39 is 17.6 Å². The largest absolute Gasteiger partial charge is 0.416 e. The van der Waals surface area contributed by atoms with E-state index in [0.717, 1.165) is 12.1 Å². The lowest BCUT2D eigenvalue weighted by atomic mass is 10.1. The van der Waals surface area contributed by atoms with Crippen molar-refractivity contribution in [2.45, 2.75) is 12.7 Å². The van der Waals surface area contributed by atoms with Gasteiger partial charge >= 0.3 is 6.18 Å². The first-order chi connectivity index (χ1) is 9.91. The van der Waals surface area contributed by atoms with Crippen molar-refractivity contribution >= 4 is 11.6 Å². The van der Waals surface area contributed by atoms with Gasteiger partial charge in [-0.3, -0.25) is 4.79 Å². The molecule has 0 atom stereocenters. The van der Waals surface area contributed by atoms with Gasteiger partial charge in [0.1, 0.15) is 0 Å². The Hall–Kier alpha value is -2.51. The molecule has 0 aliphatic carbocycles. The molecule has 1 aromatic heterocycles. The summed E-state index contributed by atoms with van der Waals surface area (Å²) in [4.78, 5) is 12.0. The van der Waals surface area contributed by atoms with Gasteiger partial charge in [0.15, 0.2) is 5.76 Å². The van der Waals surface area contributed by atoms with Gasteiger partial charge in [0.2, 0.25) is 0 Å². The van der Waals surface area contributed by atoms with E-state index in [4.69, 9.17) is 4.52 Å². The summed E-state index contributed by atoms with van der Waals surface area (Å²) < 4.78 is 42.9. The molecule has 0 unspecified atom stereocenters. The molecule has 0 aliphatic rings. The van der Waals surface area contributed by atoms with Crippen LogP contribution in [0.5, 0.6) is 0 Å². The summed E-state index contributed by atoms with van der Waals surface area (Å²) in [7, 11) is 1.52. The van der Waals surface area contributed by atoms with Crippen molar-refractivity contribution in [3.8, 4) is 0 Å². The van der Waals surface area contributed by atoms with E-state index in [0.29, 0.717) is 11.4 Å². The second-order valence-electron chi connectivity index (χ2n) is 4.17. The van der Waals surface area contributed by atoms with Crippen molar-refractivity contribution in [1.82, 2.24) is 10.5 Å². The molecule has 0 fully saturated rings. The highest BCUT2D eigenvalue weighted by Crippen LogP contribution is 2.31. The summed E-state index contributed by atoms with van der Waals surface area (Å²) in [6.45, 7) is 0.0399. The molecule has 8 heteroatoms. The molecule has 1 aromatic carbocycles. The zero-order valence-corrected chi connectivity index (χ0v) is 11.0. The van der Waals surface area contributed by atoms with Crippen LogP contribution in [0.2, 0.25) is 0 Å². The maximum Gasteiger partial charge on any atom is 0.416 e. The van der Waals surface area contributed by atoms with Gasteiger partial charge in [-0.25, -0.2) is 0 Å². The van der Waals surface area contributed by atoms with Gasteiger partial charge < -0.3 is 15.2 Å². The third-order valence-corrected chi connectivity index (χ3v) is 2.78. The first kappa shape index (κ1) is 14.9. The number of benzene rings is 1. The van der Waals surface area contributed by atoms with Gasteiger partial charge in [0, 0.05) is 18.8 Å². The Bertz CT molecular complexity index is 624. The molecule has 2 aromatic rings. The fourth-order valence-corrected chi connectivity index (χ4v) is 1.72. The Labute approximate surface area is 118 Å². The molecule has 1 amide bonds. The molecule has 5 nitrogen and oxygen atoms in total. The zero-order valence-electron chi connectivity index (χ0n) is 11.0. The average Bonchev–Trinajstić information content (AvgIpc) is 2.96. The highest BCUT2D eigenvalue weighted by Gasteiger charge is 2.31. The maximum atomic E-state index is 12.7. The van der Waals surface area contributed by atoms with Gasteiger partial charge in [-0.1, -0.05) is 5.16 Å².